The third-order valence-electron chi connectivity index (χ3n) is 3.71. The molecule has 0 aliphatic heterocycles. The fourth-order valence-corrected chi connectivity index (χ4v) is 2.78. The minimum absolute atomic E-state index is 0.305. The van der Waals surface area contributed by atoms with Crippen molar-refractivity contribution in [1.82, 2.24) is 5.32 Å². The Kier molecular flexibility index (Phi) is 4.21. The van der Waals surface area contributed by atoms with Gasteiger partial charge >= 0.3 is 0 Å². The highest BCUT2D eigenvalue weighted by molar-refractivity contribution is 5.06. The van der Waals surface area contributed by atoms with Crippen molar-refractivity contribution >= 4 is 0 Å². The number of aliphatic hydroxyl groups excluding tert-OH is 1. The predicted octanol–water partition coefficient (Wildman–Crippen LogP) is 2.24. The lowest BCUT2D eigenvalue weighted by atomic mass is 10.1. The molecule has 0 aromatic rings. The summed E-state index contributed by atoms with van der Waals surface area (Å²) in [5.74, 6) is 0.397. The summed E-state index contributed by atoms with van der Waals surface area (Å²) in [4.78, 5) is 0. The molecule has 2 atom stereocenters. The van der Waals surface area contributed by atoms with E-state index in [1.165, 1.54) is 38.5 Å². The van der Waals surface area contributed by atoms with E-state index in [2.05, 4.69) is 17.5 Å². The molecular formula is C13H23NO. The third-order valence-corrected chi connectivity index (χ3v) is 3.71. The van der Waals surface area contributed by atoms with Crippen LogP contribution in [0.3, 0.4) is 0 Å². The molecule has 2 heteroatoms. The van der Waals surface area contributed by atoms with E-state index in [4.69, 9.17) is 5.11 Å². The van der Waals surface area contributed by atoms with Crippen molar-refractivity contribution in [2.45, 2.75) is 57.0 Å². The van der Waals surface area contributed by atoms with Crippen LogP contribution in [0.25, 0.3) is 0 Å². The molecule has 2 N–H and O–H groups in total. The van der Waals surface area contributed by atoms with Crippen LogP contribution in [0.5, 0.6) is 0 Å². The number of nitrogens with one attached hydrogen (secondary N) is 1. The number of rotatable bonds is 3. The summed E-state index contributed by atoms with van der Waals surface area (Å²) in [7, 11) is 0. The van der Waals surface area contributed by atoms with E-state index >= 15 is 0 Å². The molecule has 0 unspecified atom stereocenters. The first-order valence-electron chi connectivity index (χ1n) is 6.43. The van der Waals surface area contributed by atoms with Gasteiger partial charge in [-0.15, -0.1) is 0 Å². The number of hydrogen-bond acceptors (Lipinski definition) is 2. The molecule has 86 valence electrons. The highest BCUT2D eigenvalue weighted by Crippen LogP contribution is 2.21. The maximum atomic E-state index is 9.06. The monoisotopic (exact) mass is 209 g/mol. The lowest BCUT2D eigenvalue weighted by Gasteiger charge is -2.21. The lowest BCUT2D eigenvalue weighted by Crippen LogP contribution is -2.36. The van der Waals surface area contributed by atoms with Gasteiger partial charge in [0.15, 0.2) is 0 Å². The number of aliphatic hydroxyl groups is 1. The first-order valence-corrected chi connectivity index (χ1v) is 6.43. The van der Waals surface area contributed by atoms with Crippen LogP contribution in [0.1, 0.15) is 44.9 Å². The maximum Gasteiger partial charge on any atom is 0.0494 e. The second-order valence-electron chi connectivity index (χ2n) is 5.02. The molecular weight excluding hydrogens is 186 g/mol. The van der Waals surface area contributed by atoms with Crippen LogP contribution >= 0.6 is 0 Å². The first kappa shape index (κ1) is 11.2. The summed E-state index contributed by atoms with van der Waals surface area (Å²) < 4.78 is 0. The van der Waals surface area contributed by atoms with Crippen LogP contribution in [0.4, 0.5) is 0 Å². The molecule has 0 heterocycles. The van der Waals surface area contributed by atoms with Crippen LogP contribution in [-0.2, 0) is 0 Å². The van der Waals surface area contributed by atoms with Gasteiger partial charge in [-0.25, -0.2) is 0 Å². The Balaban J connectivity index is 1.74. The van der Waals surface area contributed by atoms with Crippen molar-refractivity contribution in [3.05, 3.63) is 12.2 Å². The minimum Gasteiger partial charge on any atom is -0.396 e. The molecule has 0 spiro atoms. The van der Waals surface area contributed by atoms with Gasteiger partial charge in [0.25, 0.3) is 0 Å². The molecule has 0 amide bonds. The van der Waals surface area contributed by atoms with E-state index in [9.17, 15) is 0 Å². The molecule has 0 bridgehead atoms. The van der Waals surface area contributed by atoms with E-state index in [0.717, 1.165) is 12.5 Å². The Morgan fingerprint density at radius 3 is 2.40 bits per heavy atom. The molecule has 2 nitrogen and oxygen atoms in total. The van der Waals surface area contributed by atoms with Crippen LogP contribution in [0.2, 0.25) is 0 Å². The lowest BCUT2D eigenvalue weighted by molar-refractivity contribution is 0.243. The normalized spacial score (nSPS) is 33.1. The predicted molar refractivity (Wildman–Crippen MR) is 62.7 cm³/mol. The Bertz CT molecular complexity index is 207. The minimum atomic E-state index is 0.305. The highest BCUT2D eigenvalue weighted by atomic mass is 16.3. The van der Waals surface area contributed by atoms with E-state index in [-0.39, 0.29) is 0 Å². The summed E-state index contributed by atoms with van der Waals surface area (Å²) in [6.07, 6.45) is 13.8. The summed E-state index contributed by atoms with van der Waals surface area (Å²) in [6, 6.07) is 1.24. The van der Waals surface area contributed by atoms with Crippen LogP contribution in [0, 0.1) is 5.92 Å². The molecule has 15 heavy (non-hydrogen) atoms. The average molecular weight is 209 g/mol. The largest absolute Gasteiger partial charge is 0.396 e. The Morgan fingerprint density at radius 2 is 1.80 bits per heavy atom. The second kappa shape index (κ2) is 5.66. The quantitative estimate of drug-likeness (QED) is 0.552. The molecule has 0 saturated heterocycles. The van der Waals surface area contributed by atoms with E-state index in [1.807, 2.05) is 0 Å². The molecule has 2 rings (SSSR count). The molecule has 2 aliphatic rings. The van der Waals surface area contributed by atoms with Crippen molar-refractivity contribution in [2.75, 3.05) is 6.61 Å². The Labute approximate surface area is 92.8 Å². The van der Waals surface area contributed by atoms with Crippen molar-refractivity contribution in [3.63, 3.8) is 0 Å². The fraction of sp³-hybridized carbons (Fsp3) is 0.846. The van der Waals surface area contributed by atoms with Gasteiger partial charge in [0, 0.05) is 24.6 Å². The Morgan fingerprint density at radius 1 is 1.07 bits per heavy atom. The molecule has 0 aromatic heterocycles. The fourth-order valence-electron chi connectivity index (χ4n) is 2.78. The molecule has 1 saturated carbocycles. The Hall–Kier alpha value is -0.340. The van der Waals surface area contributed by atoms with E-state index in [1.54, 1.807) is 0 Å². The van der Waals surface area contributed by atoms with Gasteiger partial charge in [-0.2, -0.15) is 0 Å². The number of hydrogen-bond donors (Lipinski definition) is 2. The summed E-state index contributed by atoms with van der Waals surface area (Å²) in [5.41, 5.74) is 0. The van der Waals surface area contributed by atoms with Gasteiger partial charge in [0.2, 0.25) is 0 Å². The average Bonchev–Trinajstić information content (AvgIpc) is 2.54. The molecule has 0 aromatic carbocycles. The molecule has 0 radical (unpaired) electrons. The van der Waals surface area contributed by atoms with Gasteiger partial charge in [-0.3, -0.25) is 0 Å². The summed E-state index contributed by atoms with van der Waals surface area (Å²) >= 11 is 0. The van der Waals surface area contributed by atoms with Gasteiger partial charge in [0.05, 0.1) is 0 Å². The van der Waals surface area contributed by atoms with Crippen molar-refractivity contribution in [3.8, 4) is 0 Å². The van der Waals surface area contributed by atoms with E-state index < -0.39 is 0 Å². The van der Waals surface area contributed by atoms with Crippen LogP contribution in [-0.4, -0.2) is 23.8 Å². The zero-order valence-corrected chi connectivity index (χ0v) is 9.49. The van der Waals surface area contributed by atoms with Gasteiger partial charge in [0.1, 0.15) is 0 Å². The SMILES string of the molecule is OC[C@H]1C=C[C@@H](NC2CCCCCC2)C1. The smallest absolute Gasteiger partial charge is 0.0494 e. The second-order valence-corrected chi connectivity index (χ2v) is 5.02. The maximum absolute atomic E-state index is 9.06. The van der Waals surface area contributed by atoms with Crippen LogP contribution in [0.15, 0.2) is 12.2 Å². The third kappa shape index (κ3) is 3.32. The van der Waals surface area contributed by atoms with Crippen molar-refractivity contribution < 1.29 is 5.11 Å². The van der Waals surface area contributed by atoms with E-state index in [0.29, 0.717) is 18.6 Å². The molecule has 2 aliphatic carbocycles. The topological polar surface area (TPSA) is 32.3 Å². The zero-order valence-electron chi connectivity index (χ0n) is 9.49. The van der Waals surface area contributed by atoms with Gasteiger partial charge in [-0.1, -0.05) is 37.8 Å². The van der Waals surface area contributed by atoms with Crippen LogP contribution < -0.4 is 5.32 Å². The van der Waals surface area contributed by atoms with Crippen molar-refractivity contribution in [1.29, 1.82) is 0 Å². The standard InChI is InChI=1S/C13H23NO/c15-10-11-7-8-13(9-11)14-12-5-3-1-2-4-6-12/h7-8,11-15H,1-6,9-10H2/t11-,13+/m0/s1. The zero-order chi connectivity index (χ0) is 10.5. The summed E-state index contributed by atoms with van der Waals surface area (Å²) in [6.45, 7) is 0.305. The van der Waals surface area contributed by atoms with Gasteiger partial charge < -0.3 is 10.4 Å². The van der Waals surface area contributed by atoms with Crippen molar-refractivity contribution in [2.24, 2.45) is 5.92 Å². The first-order chi connectivity index (χ1) is 7.38. The summed E-state index contributed by atoms with van der Waals surface area (Å²) in [5, 5.41) is 12.8. The molecule has 1 fully saturated rings. The van der Waals surface area contributed by atoms with Gasteiger partial charge in [-0.05, 0) is 19.3 Å². The highest BCUT2D eigenvalue weighted by Gasteiger charge is 2.21.